The smallest absolute Gasteiger partial charge is 0.0945 e. The van der Waals surface area contributed by atoms with Crippen LogP contribution in [0.4, 0.5) is 0 Å². The van der Waals surface area contributed by atoms with Gasteiger partial charge in [0, 0.05) is 18.9 Å². The van der Waals surface area contributed by atoms with E-state index in [0.717, 1.165) is 12.5 Å². The molecule has 0 aromatic carbocycles. The zero-order chi connectivity index (χ0) is 10.2. The van der Waals surface area contributed by atoms with Gasteiger partial charge >= 0.3 is 0 Å². The first-order chi connectivity index (χ1) is 6.83. The lowest BCUT2D eigenvalue weighted by Crippen LogP contribution is -1.99. The van der Waals surface area contributed by atoms with Gasteiger partial charge in [-0.05, 0) is 18.8 Å². The third-order valence-electron chi connectivity index (χ3n) is 2.72. The minimum atomic E-state index is 0.887. The average Bonchev–Trinajstić information content (AvgIpc) is 2.67. The molecule has 0 aliphatic heterocycles. The standard InChI is InChI=1S/C12H22N2/c1-3-4-6-12(2)7-5-9-14-10-8-13-11-14/h8,10-12H,3-7,9H2,1-2H3/t12-/m0/s1. The fourth-order valence-corrected chi connectivity index (χ4v) is 1.74. The second-order valence-electron chi connectivity index (χ2n) is 4.19. The highest BCUT2D eigenvalue weighted by Crippen LogP contribution is 2.14. The van der Waals surface area contributed by atoms with Crippen molar-refractivity contribution in [3.05, 3.63) is 18.7 Å². The van der Waals surface area contributed by atoms with Crippen LogP contribution in [0.2, 0.25) is 0 Å². The van der Waals surface area contributed by atoms with E-state index in [1.807, 2.05) is 18.7 Å². The molecule has 0 amide bonds. The molecule has 0 N–H and O–H groups in total. The summed E-state index contributed by atoms with van der Waals surface area (Å²) in [4.78, 5) is 4.03. The molecule has 0 saturated carbocycles. The molecule has 80 valence electrons. The summed E-state index contributed by atoms with van der Waals surface area (Å²) in [5, 5.41) is 0. The molecular formula is C12H22N2. The molecule has 0 radical (unpaired) electrons. The molecule has 0 bridgehead atoms. The van der Waals surface area contributed by atoms with Crippen LogP contribution in [0, 0.1) is 5.92 Å². The third kappa shape index (κ3) is 4.45. The van der Waals surface area contributed by atoms with Crippen LogP contribution in [0.1, 0.15) is 46.0 Å². The van der Waals surface area contributed by atoms with Gasteiger partial charge in [-0.1, -0.05) is 33.1 Å². The fourth-order valence-electron chi connectivity index (χ4n) is 1.74. The minimum absolute atomic E-state index is 0.887. The molecule has 1 atom stereocenters. The molecule has 1 heterocycles. The highest BCUT2D eigenvalue weighted by Gasteiger charge is 2.00. The van der Waals surface area contributed by atoms with Crippen molar-refractivity contribution in [2.24, 2.45) is 5.92 Å². The van der Waals surface area contributed by atoms with Gasteiger partial charge in [0.05, 0.1) is 6.33 Å². The van der Waals surface area contributed by atoms with Crippen LogP contribution in [0.5, 0.6) is 0 Å². The molecule has 0 aliphatic carbocycles. The predicted molar refractivity (Wildman–Crippen MR) is 60.2 cm³/mol. The van der Waals surface area contributed by atoms with E-state index in [4.69, 9.17) is 0 Å². The highest BCUT2D eigenvalue weighted by atomic mass is 15.0. The Morgan fingerprint density at radius 3 is 2.71 bits per heavy atom. The van der Waals surface area contributed by atoms with Crippen LogP contribution in [-0.2, 0) is 6.54 Å². The van der Waals surface area contributed by atoms with Gasteiger partial charge in [-0.3, -0.25) is 0 Å². The molecule has 1 aromatic heterocycles. The number of rotatable bonds is 7. The summed E-state index contributed by atoms with van der Waals surface area (Å²) in [5.74, 6) is 0.887. The Kier molecular flexibility index (Phi) is 5.35. The molecule has 2 heteroatoms. The summed E-state index contributed by atoms with van der Waals surface area (Å²) < 4.78 is 2.16. The van der Waals surface area contributed by atoms with Gasteiger partial charge in [0.25, 0.3) is 0 Å². The first-order valence-corrected chi connectivity index (χ1v) is 5.78. The maximum Gasteiger partial charge on any atom is 0.0945 e. The maximum atomic E-state index is 4.03. The monoisotopic (exact) mass is 194 g/mol. The van der Waals surface area contributed by atoms with Gasteiger partial charge in [-0.25, -0.2) is 4.98 Å². The lowest BCUT2D eigenvalue weighted by molar-refractivity contribution is 0.438. The van der Waals surface area contributed by atoms with Gasteiger partial charge in [-0.15, -0.1) is 0 Å². The summed E-state index contributed by atoms with van der Waals surface area (Å²) in [7, 11) is 0. The van der Waals surface area contributed by atoms with Crippen LogP contribution in [0.15, 0.2) is 18.7 Å². The summed E-state index contributed by atoms with van der Waals surface area (Å²) in [6.07, 6.45) is 12.5. The normalized spacial score (nSPS) is 13.0. The molecule has 0 aliphatic rings. The zero-order valence-electron chi connectivity index (χ0n) is 9.45. The van der Waals surface area contributed by atoms with Crippen molar-refractivity contribution in [3.8, 4) is 0 Å². The molecule has 0 saturated heterocycles. The summed E-state index contributed by atoms with van der Waals surface area (Å²) >= 11 is 0. The lowest BCUT2D eigenvalue weighted by atomic mass is 9.99. The Hall–Kier alpha value is -0.790. The van der Waals surface area contributed by atoms with Crippen LogP contribution < -0.4 is 0 Å². The quantitative estimate of drug-likeness (QED) is 0.649. The van der Waals surface area contributed by atoms with E-state index in [1.165, 1.54) is 32.1 Å². The highest BCUT2D eigenvalue weighted by molar-refractivity contribution is 4.73. The predicted octanol–water partition coefficient (Wildman–Crippen LogP) is 3.49. The number of hydrogen-bond donors (Lipinski definition) is 0. The fraction of sp³-hybridized carbons (Fsp3) is 0.750. The van der Waals surface area contributed by atoms with Gasteiger partial charge in [0.2, 0.25) is 0 Å². The van der Waals surface area contributed by atoms with Crippen molar-refractivity contribution in [2.75, 3.05) is 0 Å². The van der Waals surface area contributed by atoms with E-state index in [-0.39, 0.29) is 0 Å². The first kappa shape index (κ1) is 11.3. The molecule has 0 spiro atoms. The van der Waals surface area contributed by atoms with Crippen molar-refractivity contribution < 1.29 is 0 Å². The molecule has 2 nitrogen and oxygen atoms in total. The minimum Gasteiger partial charge on any atom is -0.337 e. The number of imidazole rings is 1. The number of aromatic nitrogens is 2. The molecule has 0 unspecified atom stereocenters. The Bertz CT molecular complexity index is 216. The van der Waals surface area contributed by atoms with E-state index < -0.39 is 0 Å². The van der Waals surface area contributed by atoms with Gasteiger partial charge in [0.1, 0.15) is 0 Å². The first-order valence-electron chi connectivity index (χ1n) is 5.78. The van der Waals surface area contributed by atoms with Crippen molar-refractivity contribution >= 4 is 0 Å². The largest absolute Gasteiger partial charge is 0.337 e. The summed E-state index contributed by atoms with van der Waals surface area (Å²) in [5.41, 5.74) is 0. The third-order valence-corrected chi connectivity index (χ3v) is 2.72. The van der Waals surface area contributed by atoms with Crippen LogP contribution in [-0.4, -0.2) is 9.55 Å². The van der Waals surface area contributed by atoms with Gasteiger partial charge in [0.15, 0.2) is 0 Å². The van der Waals surface area contributed by atoms with Crippen molar-refractivity contribution in [1.29, 1.82) is 0 Å². The van der Waals surface area contributed by atoms with Crippen LogP contribution >= 0.6 is 0 Å². The Labute approximate surface area is 87.4 Å². The van der Waals surface area contributed by atoms with Gasteiger partial charge < -0.3 is 4.57 Å². The second kappa shape index (κ2) is 6.63. The molecule has 0 fully saturated rings. The topological polar surface area (TPSA) is 17.8 Å². The Morgan fingerprint density at radius 2 is 2.07 bits per heavy atom. The maximum absolute atomic E-state index is 4.03. The summed E-state index contributed by atoms with van der Waals surface area (Å²) in [6, 6.07) is 0. The van der Waals surface area contributed by atoms with Crippen molar-refractivity contribution in [1.82, 2.24) is 9.55 Å². The van der Waals surface area contributed by atoms with Crippen LogP contribution in [0.3, 0.4) is 0 Å². The van der Waals surface area contributed by atoms with Gasteiger partial charge in [-0.2, -0.15) is 0 Å². The molecule has 14 heavy (non-hydrogen) atoms. The number of nitrogens with zero attached hydrogens (tertiary/aromatic N) is 2. The van der Waals surface area contributed by atoms with E-state index in [2.05, 4.69) is 23.4 Å². The Balaban J connectivity index is 2.03. The summed E-state index contributed by atoms with van der Waals surface area (Å²) in [6.45, 7) is 5.75. The number of unbranched alkanes of at least 4 members (excludes halogenated alkanes) is 1. The SMILES string of the molecule is CCCC[C@H](C)CCCn1ccnc1. The second-order valence-corrected chi connectivity index (χ2v) is 4.19. The number of hydrogen-bond acceptors (Lipinski definition) is 1. The average molecular weight is 194 g/mol. The van der Waals surface area contributed by atoms with E-state index in [1.54, 1.807) is 0 Å². The molecular weight excluding hydrogens is 172 g/mol. The Morgan fingerprint density at radius 1 is 1.29 bits per heavy atom. The zero-order valence-corrected chi connectivity index (χ0v) is 9.45. The number of aryl methyl sites for hydroxylation is 1. The van der Waals surface area contributed by atoms with Crippen molar-refractivity contribution in [3.63, 3.8) is 0 Å². The van der Waals surface area contributed by atoms with E-state index in [0.29, 0.717) is 0 Å². The molecule has 1 rings (SSSR count). The van der Waals surface area contributed by atoms with E-state index in [9.17, 15) is 0 Å². The van der Waals surface area contributed by atoms with Crippen LogP contribution in [0.25, 0.3) is 0 Å². The molecule has 1 aromatic rings. The lowest BCUT2D eigenvalue weighted by Gasteiger charge is -2.10. The van der Waals surface area contributed by atoms with E-state index >= 15 is 0 Å². The van der Waals surface area contributed by atoms with Crippen molar-refractivity contribution in [2.45, 2.75) is 52.5 Å².